The zero-order valence-electron chi connectivity index (χ0n) is 10.5. The predicted molar refractivity (Wildman–Crippen MR) is 69.9 cm³/mol. The summed E-state index contributed by atoms with van der Waals surface area (Å²) in [4.78, 5) is 10.9. The summed E-state index contributed by atoms with van der Waals surface area (Å²) in [5.74, 6) is -0.340. The first-order valence-electron chi connectivity index (χ1n) is 6.81. The molecule has 0 saturated carbocycles. The maximum Gasteiger partial charge on any atom is 0.304 e. The highest BCUT2D eigenvalue weighted by Crippen LogP contribution is 2.32. The number of benzene rings is 1. The Hall–Kier alpha value is -1.35. The van der Waals surface area contributed by atoms with Crippen molar-refractivity contribution in [2.45, 2.75) is 44.1 Å². The fourth-order valence-electron chi connectivity index (χ4n) is 3.39. The summed E-state index contributed by atoms with van der Waals surface area (Å²) in [7, 11) is 0. The summed E-state index contributed by atoms with van der Waals surface area (Å²) in [6.45, 7) is 0.930. The van der Waals surface area contributed by atoms with Crippen LogP contribution >= 0.6 is 0 Å². The van der Waals surface area contributed by atoms with E-state index in [2.05, 4.69) is 23.5 Å². The van der Waals surface area contributed by atoms with Crippen molar-refractivity contribution in [3.05, 3.63) is 34.9 Å². The number of rotatable bonds is 3. The number of nitrogens with one attached hydrogen (secondary N) is 1. The molecule has 18 heavy (non-hydrogen) atoms. The standard InChI is InChI=1S/C15H19NO2/c17-15(18)9-14-13(6-7-16-14)12-5-4-10-2-1-3-11(10)8-12/h4-5,8,13-14,16H,1-3,6-7,9H2,(H,17,18). The molecule has 0 amide bonds. The summed E-state index contributed by atoms with van der Waals surface area (Å²) in [5.41, 5.74) is 4.29. The van der Waals surface area contributed by atoms with Crippen molar-refractivity contribution in [2.24, 2.45) is 0 Å². The molecule has 1 fully saturated rings. The SMILES string of the molecule is O=C(O)CC1NCCC1c1ccc2c(c1)CCC2. The molecule has 3 rings (SSSR count). The molecule has 0 radical (unpaired) electrons. The van der Waals surface area contributed by atoms with Crippen LogP contribution in [-0.4, -0.2) is 23.7 Å². The number of carboxylic acid groups (broad SMARTS) is 1. The van der Waals surface area contributed by atoms with Gasteiger partial charge in [-0.3, -0.25) is 4.79 Å². The van der Waals surface area contributed by atoms with Crippen molar-refractivity contribution >= 4 is 5.97 Å². The van der Waals surface area contributed by atoms with Gasteiger partial charge in [0.05, 0.1) is 6.42 Å². The number of carbonyl (C=O) groups is 1. The van der Waals surface area contributed by atoms with Crippen LogP contribution in [-0.2, 0) is 17.6 Å². The van der Waals surface area contributed by atoms with Gasteiger partial charge in [-0.25, -0.2) is 0 Å². The van der Waals surface area contributed by atoms with Gasteiger partial charge < -0.3 is 10.4 Å². The zero-order valence-corrected chi connectivity index (χ0v) is 10.5. The molecule has 1 heterocycles. The number of hydrogen-bond donors (Lipinski definition) is 2. The van der Waals surface area contributed by atoms with Crippen LogP contribution < -0.4 is 5.32 Å². The summed E-state index contributed by atoms with van der Waals surface area (Å²) in [5, 5.41) is 12.3. The van der Waals surface area contributed by atoms with Crippen LogP contribution in [0.25, 0.3) is 0 Å². The molecule has 0 aromatic heterocycles. The van der Waals surface area contributed by atoms with Crippen LogP contribution in [0.3, 0.4) is 0 Å². The van der Waals surface area contributed by atoms with Gasteiger partial charge in [0.2, 0.25) is 0 Å². The Morgan fingerprint density at radius 3 is 3.00 bits per heavy atom. The molecular weight excluding hydrogens is 226 g/mol. The molecule has 0 spiro atoms. The fourth-order valence-corrected chi connectivity index (χ4v) is 3.39. The van der Waals surface area contributed by atoms with Crippen molar-refractivity contribution < 1.29 is 9.90 Å². The number of hydrogen-bond acceptors (Lipinski definition) is 2. The lowest BCUT2D eigenvalue weighted by molar-refractivity contribution is -0.137. The number of fused-ring (bicyclic) bond motifs is 1. The first kappa shape index (κ1) is 11.7. The molecular formula is C15H19NO2. The van der Waals surface area contributed by atoms with Gasteiger partial charge in [-0.1, -0.05) is 18.2 Å². The Kier molecular flexibility index (Phi) is 3.08. The normalized spacial score (nSPS) is 26.2. The summed E-state index contributed by atoms with van der Waals surface area (Å²) >= 11 is 0. The molecule has 3 heteroatoms. The molecule has 1 saturated heterocycles. The van der Waals surface area contributed by atoms with Gasteiger partial charge in [0.15, 0.2) is 0 Å². The predicted octanol–water partition coefficient (Wildman–Crippen LogP) is 2.10. The summed E-state index contributed by atoms with van der Waals surface area (Å²) in [6.07, 6.45) is 4.93. The Labute approximate surface area is 107 Å². The van der Waals surface area contributed by atoms with Crippen molar-refractivity contribution in [2.75, 3.05) is 6.54 Å². The Balaban J connectivity index is 1.83. The second-order valence-corrected chi connectivity index (χ2v) is 5.44. The monoisotopic (exact) mass is 245 g/mol. The van der Waals surface area contributed by atoms with Crippen LogP contribution in [0.4, 0.5) is 0 Å². The molecule has 0 bridgehead atoms. The third-order valence-electron chi connectivity index (χ3n) is 4.29. The lowest BCUT2D eigenvalue weighted by Crippen LogP contribution is -2.28. The number of aliphatic carboxylic acids is 1. The highest BCUT2D eigenvalue weighted by atomic mass is 16.4. The third-order valence-corrected chi connectivity index (χ3v) is 4.29. The van der Waals surface area contributed by atoms with E-state index in [1.54, 1.807) is 0 Å². The second-order valence-electron chi connectivity index (χ2n) is 5.44. The molecule has 2 atom stereocenters. The highest BCUT2D eigenvalue weighted by molar-refractivity contribution is 5.68. The van der Waals surface area contributed by atoms with Crippen LogP contribution in [0.2, 0.25) is 0 Å². The van der Waals surface area contributed by atoms with E-state index >= 15 is 0 Å². The zero-order chi connectivity index (χ0) is 12.5. The Bertz CT molecular complexity index is 470. The molecule has 1 aliphatic heterocycles. The molecule has 2 aliphatic rings. The quantitative estimate of drug-likeness (QED) is 0.857. The average molecular weight is 245 g/mol. The molecule has 3 nitrogen and oxygen atoms in total. The molecule has 2 unspecified atom stereocenters. The van der Waals surface area contributed by atoms with Crippen LogP contribution in [0.5, 0.6) is 0 Å². The average Bonchev–Trinajstić information content (AvgIpc) is 2.95. The minimum absolute atomic E-state index is 0.0990. The minimum atomic E-state index is -0.708. The van der Waals surface area contributed by atoms with Gasteiger partial charge in [-0.2, -0.15) is 0 Å². The van der Waals surface area contributed by atoms with Crippen LogP contribution in [0.1, 0.15) is 41.9 Å². The first-order valence-corrected chi connectivity index (χ1v) is 6.81. The van der Waals surface area contributed by atoms with Gasteiger partial charge >= 0.3 is 5.97 Å². The van der Waals surface area contributed by atoms with Crippen molar-refractivity contribution in [3.8, 4) is 0 Å². The first-order chi connectivity index (χ1) is 8.74. The van der Waals surface area contributed by atoms with Gasteiger partial charge in [-0.15, -0.1) is 0 Å². The summed E-state index contributed by atoms with van der Waals surface area (Å²) < 4.78 is 0. The summed E-state index contributed by atoms with van der Waals surface area (Å²) in [6, 6.07) is 6.86. The lowest BCUT2D eigenvalue weighted by Gasteiger charge is -2.19. The molecule has 1 aromatic rings. The van der Waals surface area contributed by atoms with E-state index in [0.717, 1.165) is 13.0 Å². The molecule has 96 valence electrons. The highest BCUT2D eigenvalue weighted by Gasteiger charge is 2.30. The van der Waals surface area contributed by atoms with Crippen LogP contribution in [0.15, 0.2) is 18.2 Å². The van der Waals surface area contributed by atoms with E-state index in [1.807, 2.05) is 0 Å². The van der Waals surface area contributed by atoms with E-state index in [9.17, 15) is 4.79 Å². The molecule has 2 N–H and O–H groups in total. The minimum Gasteiger partial charge on any atom is -0.481 e. The second kappa shape index (κ2) is 4.73. The maximum absolute atomic E-state index is 10.9. The van der Waals surface area contributed by atoms with E-state index in [1.165, 1.54) is 36.0 Å². The van der Waals surface area contributed by atoms with E-state index in [-0.39, 0.29) is 12.5 Å². The topological polar surface area (TPSA) is 49.3 Å². The van der Waals surface area contributed by atoms with Crippen molar-refractivity contribution in [1.29, 1.82) is 0 Å². The molecule has 1 aromatic carbocycles. The number of carboxylic acids is 1. The van der Waals surface area contributed by atoms with Gasteiger partial charge in [0.1, 0.15) is 0 Å². The van der Waals surface area contributed by atoms with Crippen LogP contribution in [0, 0.1) is 0 Å². The third kappa shape index (κ3) is 2.15. The molecule has 1 aliphatic carbocycles. The van der Waals surface area contributed by atoms with E-state index < -0.39 is 5.97 Å². The Morgan fingerprint density at radius 1 is 1.33 bits per heavy atom. The van der Waals surface area contributed by atoms with Crippen molar-refractivity contribution in [3.63, 3.8) is 0 Å². The largest absolute Gasteiger partial charge is 0.481 e. The Morgan fingerprint density at radius 2 is 2.17 bits per heavy atom. The van der Waals surface area contributed by atoms with E-state index in [4.69, 9.17) is 5.11 Å². The van der Waals surface area contributed by atoms with E-state index in [0.29, 0.717) is 5.92 Å². The van der Waals surface area contributed by atoms with Gasteiger partial charge in [0, 0.05) is 12.0 Å². The van der Waals surface area contributed by atoms with Gasteiger partial charge in [-0.05, 0) is 48.9 Å². The number of aryl methyl sites for hydroxylation is 2. The maximum atomic E-state index is 10.9. The van der Waals surface area contributed by atoms with Crippen molar-refractivity contribution in [1.82, 2.24) is 5.32 Å². The lowest BCUT2D eigenvalue weighted by atomic mass is 9.88. The van der Waals surface area contributed by atoms with Gasteiger partial charge in [0.25, 0.3) is 0 Å². The smallest absolute Gasteiger partial charge is 0.304 e. The fraction of sp³-hybridized carbons (Fsp3) is 0.533.